The summed E-state index contributed by atoms with van der Waals surface area (Å²) in [6.07, 6.45) is 0. The van der Waals surface area contributed by atoms with Gasteiger partial charge >= 0.3 is 0 Å². The highest BCUT2D eigenvalue weighted by atomic mass is 19.1. The van der Waals surface area contributed by atoms with Gasteiger partial charge < -0.3 is 14.5 Å². The number of hydrogen-bond acceptors (Lipinski definition) is 4. The average molecular weight is 288 g/mol. The second-order valence-corrected chi connectivity index (χ2v) is 4.37. The van der Waals surface area contributed by atoms with Gasteiger partial charge in [-0.2, -0.15) is 5.26 Å². The van der Waals surface area contributed by atoms with Crippen LogP contribution in [-0.4, -0.2) is 19.2 Å². The Morgan fingerprint density at radius 1 is 1.14 bits per heavy atom. The molecular formula is C15H13FN2O3. The Labute approximate surface area is 120 Å². The Bertz CT molecular complexity index is 791. The summed E-state index contributed by atoms with van der Waals surface area (Å²) in [4.78, 5) is 14.3. The van der Waals surface area contributed by atoms with Crippen LogP contribution in [0.5, 0.6) is 11.5 Å². The zero-order valence-electron chi connectivity index (χ0n) is 11.8. The molecule has 0 radical (unpaired) electrons. The number of hydrogen-bond donors (Lipinski definition) is 1. The molecule has 0 aliphatic rings. The van der Waals surface area contributed by atoms with E-state index in [1.165, 1.54) is 20.3 Å². The summed E-state index contributed by atoms with van der Waals surface area (Å²) in [5.41, 5.74) is 0.159. The van der Waals surface area contributed by atoms with Gasteiger partial charge in [-0.15, -0.1) is 0 Å². The summed E-state index contributed by atoms with van der Waals surface area (Å²) in [5.74, 6) is -0.0521. The molecule has 0 fully saturated rings. The quantitative estimate of drug-likeness (QED) is 0.940. The van der Waals surface area contributed by atoms with Crippen molar-refractivity contribution in [3.05, 3.63) is 45.6 Å². The number of nitrogens with zero attached hydrogens (tertiary/aromatic N) is 1. The lowest BCUT2D eigenvalue weighted by Crippen LogP contribution is -2.13. The largest absolute Gasteiger partial charge is 0.493 e. The van der Waals surface area contributed by atoms with Crippen molar-refractivity contribution in [1.82, 2.24) is 4.98 Å². The minimum absolute atomic E-state index is 0.110. The van der Waals surface area contributed by atoms with Gasteiger partial charge in [-0.1, -0.05) is 0 Å². The topological polar surface area (TPSA) is 75.1 Å². The number of aromatic amines is 1. The predicted octanol–water partition coefficient (Wildman–Crippen LogP) is 2.38. The Morgan fingerprint density at radius 3 is 2.33 bits per heavy atom. The van der Waals surface area contributed by atoms with Crippen LogP contribution in [0.2, 0.25) is 0 Å². The molecule has 1 heterocycles. The third kappa shape index (κ3) is 2.58. The van der Waals surface area contributed by atoms with Crippen LogP contribution in [0.3, 0.4) is 0 Å². The molecule has 0 bridgehead atoms. The van der Waals surface area contributed by atoms with Gasteiger partial charge in [-0.25, -0.2) is 4.39 Å². The van der Waals surface area contributed by atoms with Crippen molar-refractivity contribution in [2.24, 2.45) is 0 Å². The molecule has 2 aromatic rings. The number of ether oxygens (including phenoxy) is 2. The number of aryl methyl sites for hydroxylation is 1. The number of pyridine rings is 1. The maximum atomic E-state index is 14.3. The van der Waals surface area contributed by atoms with Crippen LogP contribution in [0.25, 0.3) is 11.1 Å². The second kappa shape index (κ2) is 5.67. The first-order chi connectivity index (χ1) is 10.0. The van der Waals surface area contributed by atoms with Crippen molar-refractivity contribution in [1.29, 1.82) is 5.26 Å². The molecule has 0 aliphatic heterocycles. The van der Waals surface area contributed by atoms with E-state index in [1.54, 1.807) is 19.1 Å². The van der Waals surface area contributed by atoms with E-state index in [4.69, 9.17) is 14.7 Å². The summed E-state index contributed by atoms with van der Waals surface area (Å²) in [6, 6.07) is 5.91. The minimum atomic E-state index is -0.603. The normalized spacial score (nSPS) is 10.0. The summed E-state index contributed by atoms with van der Waals surface area (Å²) in [7, 11) is 2.82. The van der Waals surface area contributed by atoms with Crippen LogP contribution in [0, 0.1) is 24.1 Å². The molecule has 108 valence electrons. The minimum Gasteiger partial charge on any atom is -0.493 e. The molecule has 1 aromatic carbocycles. The van der Waals surface area contributed by atoms with Gasteiger partial charge in [0.05, 0.1) is 14.2 Å². The number of halogens is 1. The lowest BCUT2D eigenvalue weighted by molar-refractivity contribution is 0.352. The van der Waals surface area contributed by atoms with E-state index in [2.05, 4.69) is 4.98 Å². The molecular weight excluding hydrogens is 275 g/mol. The zero-order chi connectivity index (χ0) is 15.6. The summed E-state index contributed by atoms with van der Waals surface area (Å²) >= 11 is 0. The van der Waals surface area contributed by atoms with E-state index >= 15 is 0 Å². The third-order valence-electron chi connectivity index (χ3n) is 3.04. The van der Waals surface area contributed by atoms with Crippen molar-refractivity contribution in [2.45, 2.75) is 6.92 Å². The van der Waals surface area contributed by atoms with E-state index < -0.39 is 11.4 Å². The number of benzene rings is 1. The van der Waals surface area contributed by atoms with Crippen LogP contribution < -0.4 is 15.0 Å². The van der Waals surface area contributed by atoms with Crippen LogP contribution in [0.1, 0.15) is 11.3 Å². The van der Waals surface area contributed by atoms with Crippen molar-refractivity contribution in [3.63, 3.8) is 0 Å². The van der Waals surface area contributed by atoms with Gasteiger partial charge in [-0.3, -0.25) is 4.79 Å². The standard InChI is InChI=1S/C15H13FN2O3/c1-8-4-9(11(7-17)15(19)18-8)10-5-13(20-2)14(21-3)6-12(10)16/h4-6H,1-3H3,(H,18,19). The number of nitriles is 1. The molecule has 2 rings (SSSR count). The molecule has 0 amide bonds. The maximum absolute atomic E-state index is 14.3. The van der Waals surface area contributed by atoms with Crippen LogP contribution >= 0.6 is 0 Å². The van der Waals surface area contributed by atoms with Crippen LogP contribution in [0.15, 0.2) is 23.0 Å². The van der Waals surface area contributed by atoms with Gasteiger partial charge in [0.15, 0.2) is 11.5 Å². The first-order valence-corrected chi connectivity index (χ1v) is 6.07. The van der Waals surface area contributed by atoms with Gasteiger partial charge in [0.2, 0.25) is 0 Å². The van der Waals surface area contributed by atoms with Crippen LogP contribution in [0.4, 0.5) is 4.39 Å². The lowest BCUT2D eigenvalue weighted by Gasteiger charge is -2.12. The Kier molecular flexibility index (Phi) is 3.94. The Hall–Kier alpha value is -2.81. The van der Waals surface area contributed by atoms with E-state index in [9.17, 15) is 9.18 Å². The molecule has 1 aromatic heterocycles. The van der Waals surface area contributed by atoms with Crippen molar-refractivity contribution < 1.29 is 13.9 Å². The number of methoxy groups -OCH3 is 2. The Balaban J connectivity index is 2.79. The summed E-state index contributed by atoms with van der Waals surface area (Å²) in [6.45, 7) is 1.66. The molecule has 5 nitrogen and oxygen atoms in total. The molecule has 0 aliphatic carbocycles. The molecule has 0 saturated heterocycles. The van der Waals surface area contributed by atoms with E-state index in [0.29, 0.717) is 11.4 Å². The van der Waals surface area contributed by atoms with Gasteiger partial charge in [0.1, 0.15) is 17.4 Å². The molecule has 1 N–H and O–H groups in total. The highest BCUT2D eigenvalue weighted by Gasteiger charge is 2.17. The zero-order valence-corrected chi connectivity index (χ0v) is 11.8. The highest BCUT2D eigenvalue weighted by molar-refractivity contribution is 5.73. The van der Waals surface area contributed by atoms with E-state index in [-0.39, 0.29) is 22.4 Å². The molecule has 0 atom stereocenters. The first-order valence-electron chi connectivity index (χ1n) is 6.07. The first kappa shape index (κ1) is 14.6. The van der Waals surface area contributed by atoms with E-state index in [0.717, 1.165) is 6.07 Å². The SMILES string of the molecule is COc1cc(F)c(-c2cc(C)[nH]c(=O)c2C#N)cc1OC. The summed E-state index contributed by atoms with van der Waals surface area (Å²) < 4.78 is 24.4. The summed E-state index contributed by atoms with van der Waals surface area (Å²) in [5, 5.41) is 9.12. The fourth-order valence-electron chi connectivity index (χ4n) is 2.07. The van der Waals surface area contributed by atoms with Gasteiger partial charge in [0.25, 0.3) is 5.56 Å². The number of H-pyrrole nitrogens is 1. The highest BCUT2D eigenvalue weighted by Crippen LogP contribution is 2.35. The molecule has 21 heavy (non-hydrogen) atoms. The molecule has 6 heteroatoms. The number of aromatic nitrogens is 1. The fourth-order valence-corrected chi connectivity index (χ4v) is 2.07. The maximum Gasteiger partial charge on any atom is 0.266 e. The lowest BCUT2D eigenvalue weighted by atomic mass is 10.00. The smallest absolute Gasteiger partial charge is 0.266 e. The number of nitrogens with one attached hydrogen (secondary N) is 1. The molecule has 0 spiro atoms. The van der Waals surface area contributed by atoms with Crippen molar-refractivity contribution in [3.8, 4) is 28.7 Å². The van der Waals surface area contributed by atoms with Gasteiger partial charge in [0, 0.05) is 22.9 Å². The number of rotatable bonds is 3. The fraction of sp³-hybridized carbons (Fsp3) is 0.200. The predicted molar refractivity (Wildman–Crippen MR) is 75.0 cm³/mol. The Morgan fingerprint density at radius 2 is 1.76 bits per heavy atom. The third-order valence-corrected chi connectivity index (χ3v) is 3.04. The van der Waals surface area contributed by atoms with E-state index in [1.807, 2.05) is 0 Å². The second-order valence-electron chi connectivity index (χ2n) is 4.37. The monoisotopic (exact) mass is 288 g/mol. The molecule has 0 unspecified atom stereocenters. The van der Waals surface area contributed by atoms with Crippen LogP contribution in [-0.2, 0) is 0 Å². The van der Waals surface area contributed by atoms with Crippen molar-refractivity contribution in [2.75, 3.05) is 14.2 Å². The van der Waals surface area contributed by atoms with Crippen molar-refractivity contribution >= 4 is 0 Å². The average Bonchev–Trinajstić information content (AvgIpc) is 2.46. The van der Waals surface area contributed by atoms with Gasteiger partial charge in [-0.05, 0) is 19.1 Å². The molecule has 0 saturated carbocycles.